The van der Waals surface area contributed by atoms with Gasteiger partial charge in [-0.25, -0.2) is 4.39 Å². The monoisotopic (exact) mass is 456 g/mol. The maximum Gasteiger partial charge on any atom is 0.242 e. The Hall–Kier alpha value is -2.34. The van der Waals surface area contributed by atoms with Crippen LogP contribution in [0.15, 0.2) is 54.6 Å². The minimum Gasteiger partial charge on any atom is -0.352 e. The largest absolute Gasteiger partial charge is 0.352 e. The minimum absolute atomic E-state index is 0.0423. The van der Waals surface area contributed by atoms with Crippen LogP contribution in [0.4, 0.5) is 4.39 Å². The summed E-state index contributed by atoms with van der Waals surface area (Å²) in [7, 11) is 0. The Morgan fingerprint density at radius 3 is 2.41 bits per heavy atom. The van der Waals surface area contributed by atoms with Crippen LogP contribution in [0.2, 0.25) is 0 Å². The molecule has 1 atom stereocenters. The minimum atomic E-state index is -0.514. The zero-order valence-electron chi connectivity index (χ0n) is 18.8. The smallest absolute Gasteiger partial charge is 0.242 e. The molecule has 2 aromatic rings. The van der Waals surface area contributed by atoms with E-state index in [2.05, 4.69) is 5.32 Å². The molecule has 172 valence electrons. The number of nitrogens with one attached hydrogen (secondary N) is 1. The third-order valence-corrected chi connectivity index (χ3v) is 7.00. The normalized spacial score (nSPS) is 15.2. The van der Waals surface area contributed by atoms with Crippen molar-refractivity contribution in [2.75, 3.05) is 12.3 Å². The summed E-state index contributed by atoms with van der Waals surface area (Å²) >= 11 is 1.49. The number of hydrogen-bond acceptors (Lipinski definition) is 3. The zero-order chi connectivity index (χ0) is 22.8. The highest BCUT2D eigenvalue weighted by Gasteiger charge is 2.27. The predicted molar refractivity (Wildman–Crippen MR) is 129 cm³/mol. The van der Waals surface area contributed by atoms with Crippen molar-refractivity contribution in [2.24, 2.45) is 0 Å². The maximum absolute atomic E-state index is 13.1. The van der Waals surface area contributed by atoms with Gasteiger partial charge in [-0.05, 0) is 49.4 Å². The molecule has 1 unspecified atom stereocenters. The van der Waals surface area contributed by atoms with Crippen LogP contribution >= 0.6 is 11.8 Å². The molecule has 1 N–H and O–H groups in total. The number of hydrogen-bond donors (Lipinski definition) is 1. The molecule has 0 aromatic heterocycles. The fraction of sp³-hybridized carbons (Fsp3) is 0.462. The van der Waals surface area contributed by atoms with Gasteiger partial charge in [-0.2, -0.15) is 0 Å². The second-order valence-corrected chi connectivity index (χ2v) is 9.45. The van der Waals surface area contributed by atoms with Crippen molar-refractivity contribution in [3.8, 4) is 0 Å². The van der Waals surface area contributed by atoms with Crippen LogP contribution in [0.1, 0.15) is 50.2 Å². The molecule has 2 aromatic carbocycles. The van der Waals surface area contributed by atoms with Crippen molar-refractivity contribution < 1.29 is 14.0 Å². The molecule has 0 heterocycles. The lowest BCUT2D eigenvalue weighted by Gasteiger charge is -2.31. The van der Waals surface area contributed by atoms with Crippen LogP contribution in [0.25, 0.3) is 0 Å². The Morgan fingerprint density at radius 1 is 1.03 bits per heavy atom. The van der Waals surface area contributed by atoms with Crippen molar-refractivity contribution in [3.63, 3.8) is 0 Å². The van der Waals surface area contributed by atoms with Gasteiger partial charge in [0.1, 0.15) is 11.9 Å². The van der Waals surface area contributed by atoms with Gasteiger partial charge in [-0.15, -0.1) is 11.8 Å². The van der Waals surface area contributed by atoms with E-state index >= 15 is 0 Å². The molecule has 1 fully saturated rings. The number of amides is 2. The molecule has 1 aliphatic rings. The van der Waals surface area contributed by atoms with Crippen molar-refractivity contribution in [3.05, 3.63) is 71.5 Å². The summed E-state index contributed by atoms with van der Waals surface area (Å²) < 4.78 is 13.1. The van der Waals surface area contributed by atoms with E-state index in [-0.39, 0.29) is 29.4 Å². The van der Waals surface area contributed by atoms with Gasteiger partial charge in [0.25, 0.3) is 0 Å². The first kappa shape index (κ1) is 24.3. The van der Waals surface area contributed by atoms with Gasteiger partial charge in [-0.3, -0.25) is 9.59 Å². The van der Waals surface area contributed by atoms with E-state index in [9.17, 15) is 14.0 Å². The average Bonchev–Trinajstić information content (AvgIpc) is 2.81. The third-order valence-electron chi connectivity index (χ3n) is 6.01. The Morgan fingerprint density at radius 2 is 1.72 bits per heavy atom. The molecular weight excluding hydrogens is 423 g/mol. The van der Waals surface area contributed by atoms with Crippen LogP contribution in [0, 0.1) is 5.82 Å². The standard InChI is InChI=1S/C26H33FN2O2S/c1-20(26(31)28-24-10-6-3-7-11-24)29(17-16-21-8-4-2-5-9-21)25(30)19-32-18-22-12-14-23(27)15-13-22/h2,4-5,8-9,12-15,20,24H,3,6-7,10-11,16-19H2,1H3,(H,28,31). The van der Waals surface area contributed by atoms with Crippen LogP contribution in [-0.2, 0) is 21.8 Å². The molecule has 1 saturated carbocycles. The lowest BCUT2D eigenvalue weighted by atomic mass is 9.95. The van der Waals surface area contributed by atoms with Gasteiger partial charge in [0, 0.05) is 18.3 Å². The average molecular weight is 457 g/mol. The fourth-order valence-electron chi connectivity index (χ4n) is 4.06. The van der Waals surface area contributed by atoms with Crippen LogP contribution in [-0.4, -0.2) is 41.1 Å². The lowest BCUT2D eigenvalue weighted by Crippen LogP contribution is -2.51. The first-order valence-electron chi connectivity index (χ1n) is 11.5. The van der Waals surface area contributed by atoms with Crippen molar-refractivity contribution in [1.82, 2.24) is 10.2 Å². The zero-order valence-corrected chi connectivity index (χ0v) is 19.6. The molecule has 0 spiro atoms. The predicted octanol–water partition coefficient (Wildman–Crippen LogP) is 4.97. The Kier molecular flexibility index (Phi) is 9.60. The SMILES string of the molecule is CC(C(=O)NC1CCCCC1)N(CCc1ccccc1)C(=O)CSCc1ccc(F)cc1. The van der Waals surface area contributed by atoms with Crippen LogP contribution < -0.4 is 5.32 Å². The number of carbonyl (C=O) groups is 2. The van der Waals surface area contributed by atoms with E-state index in [0.717, 1.165) is 36.8 Å². The lowest BCUT2D eigenvalue weighted by molar-refractivity contribution is -0.138. The molecule has 2 amide bonds. The molecule has 6 heteroatoms. The number of carbonyl (C=O) groups excluding carboxylic acids is 2. The Balaban J connectivity index is 1.59. The van der Waals surface area contributed by atoms with Crippen molar-refractivity contribution in [1.29, 1.82) is 0 Å². The maximum atomic E-state index is 13.1. The van der Waals surface area contributed by atoms with E-state index in [4.69, 9.17) is 0 Å². The Bertz CT molecular complexity index is 854. The molecule has 0 saturated heterocycles. The molecule has 32 heavy (non-hydrogen) atoms. The summed E-state index contributed by atoms with van der Waals surface area (Å²) in [6.07, 6.45) is 6.27. The molecule has 3 rings (SSSR count). The fourth-order valence-corrected chi connectivity index (χ4v) is 4.93. The van der Waals surface area contributed by atoms with Gasteiger partial charge in [-0.1, -0.05) is 61.7 Å². The highest BCUT2D eigenvalue weighted by Crippen LogP contribution is 2.19. The van der Waals surface area contributed by atoms with Crippen LogP contribution in [0.3, 0.4) is 0 Å². The Labute approximate surface area is 195 Å². The summed E-state index contributed by atoms with van der Waals surface area (Å²) in [4.78, 5) is 27.8. The van der Waals surface area contributed by atoms with Crippen LogP contribution in [0.5, 0.6) is 0 Å². The van der Waals surface area contributed by atoms with E-state index in [1.54, 1.807) is 17.0 Å². The van der Waals surface area contributed by atoms with E-state index in [0.29, 0.717) is 18.7 Å². The number of nitrogens with zero attached hydrogens (tertiary/aromatic N) is 1. The number of benzene rings is 2. The van der Waals surface area contributed by atoms with E-state index in [1.165, 1.54) is 30.3 Å². The first-order chi connectivity index (χ1) is 15.5. The van der Waals surface area contributed by atoms with Gasteiger partial charge in [0.2, 0.25) is 11.8 Å². The van der Waals surface area contributed by atoms with Gasteiger partial charge < -0.3 is 10.2 Å². The summed E-state index contributed by atoms with van der Waals surface area (Å²) in [6, 6.07) is 16.1. The molecule has 0 radical (unpaired) electrons. The van der Waals surface area contributed by atoms with Gasteiger partial charge in [0.05, 0.1) is 5.75 Å². The molecule has 1 aliphatic carbocycles. The topological polar surface area (TPSA) is 49.4 Å². The van der Waals surface area contributed by atoms with E-state index in [1.807, 2.05) is 37.3 Å². The van der Waals surface area contributed by atoms with Gasteiger partial charge >= 0.3 is 0 Å². The molecular formula is C26H33FN2O2S. The van der Waals surface area contributed by atoms with Crippen molar-refractivity contribution in [2.45, 2.75) is 63.3 Å². The summed E-state index contributed by atoms with van der Waals surface area (Å²) in [5.74, 6) is 0.537. The number of thioether (sulfide) groups is 1. The van der Waals surface area contributed by atoms with Gasteiger partial charge in [0.15, 0.2) is 0 Å². The second kappa shape index (κ2) is 12.6. The number of rotatable bonds is 10. The van der Waals surface area contributed by atoms with Crippen molar-refractivity contribution >= 4 is 23.6 Å². The third kappa shape index (κ3) is 7.66. The molecule has 0 bridgehead atoms. The summed E-state index contributed by atoms with van der Waals surface area (Å²) in [5, 5.41) is 3.16. The van der Waals surface area contributed by atoms with E-state index < -0.39 is 6.04 Å². The quantitative estimate of drug-likeness (QED) is 0.549. The highest BCUT2D eigenvalue weighted by atomic mass is 32.2. The highest BCUT2D eigenvalue weighted by molar-refractivity contribution is 7.99. The second-order valence-electron chi connectivity index (χ2n) is 8.46. The number of halogens is 1. The summed E-state index contributed by atoms with van der Waals surface area (Å²) in [5.41, 5.74) is 2.12. The molecule has 0 aliphatic heterocycles. The molecule has 4 nitrogen and oxygen atoms in total. The first-order valence-corrected chi connectivity index (χ1v) is 12.6. The summed E-state index contributed by atoms with van der Waals surface area (Å²) in [6.45, 7) is 2.32.